The van der Waals surface area contributed by atoms with E-state index < -0.39 is 0 Å². The number of hydrogen-bond donors (Lipinski definition) is 1. The highest BCUT2D eigenvalue weighted by Crippen LogP contribution is 2.27. The van der Waals surface area contributed by atoms with Gasteiger partial charge in [-0.3, -0.25) is 4.90 Å². The topological polar surface area (TPSA) is 18.5 Å². The number of likely N-dealkylation sites (N-methyl/N-ethyl adjacent to an activating group) is 1. The zero-order valence-corrected chi connectivity index (χ0v) is 13.9. The Labute approximate surface area is 130 Å². The van der Waals surface area contributed by atoms with Gasteiger partial charge in [-0.1, -0.05) is 45.0 Å². The Balaban J connectivity index is 1.95. The van der Waals surface area contributed by atoms with Crippen LogP contribution in [0.25, 0.3) is 0 Å². The van der Waals surface area contributed by atoms with Gasteiger partial charge in [-0.25, -0.2) is 0 Å². The number of benzene rings is 1. The van der Waals surface area contributed by atoms with Crippen LogP contribution >= 0.6 is 0 Å². The van der Waals surface area contributed by atoms with Gasteiger partial charge in [-0.15, -0.1) is 0 Å². The maximum atomic E-state index is 3.58. The average Bonchev–Trinajstić information content (AvgIpc) is 2.55. The van der Waals surface area contributed by atoms with Crippen molar-refractivity contribution in [3.63, 3.8) is 0 Å². The summed E-state index contributed by atoms with van der Waals surface area (Å²) in [6.45, 7) is 14.7. The van der Waals surface area contributed by atoms with E-state index >= 15 is 0 Å². The molecule has 0 aliphatic carbocycles. The van der Waals surface area contributed by atoms with E-state index in [1.165, 1.54) is 30.6 Å². The molecule has 1 N–H and O–H groups in total. The molecule has 2 rings (SSSR count). The fourth-order valence-corrected chi connectivity index (χ4v) is 3.37. The van der Waals surface area contributed by atoms with Crippen LogP contribution in [0.15, 0.2) is 24.3 Å². The zero-order chi connectivity index (χ0) is 15.1. The van der Waals surface area contributed by atoms with Crippen LogP contribution < -0.4 is 5.32 Å². The smallest absolute Gasteiger partial charge is 0.0475 e. The summed E-state index contributed by atoms with van der Waals surface area (Å²) < 4.78 is 0. The Bertz CT molecular complexity index is 415. The van der Waals surface area contributed by atoms with E-state index in [1.807, 2.05) is 0 Å². The Morgan fingerprint density at radius 1 is 1.05 bits per heavy atom. The molecule has 0 amide bonds. The van der Waals surface area contributed by atoms with Crippen molar-refractivity contribution in [3.8, 4) is 0 Å². The minimum atomic E-state index is 0.539. The lowest BCUT2D eigenvalue weighted by Crippen LogP contribution is -2.40. The maximum absolute atomic E-state index is 3.58. The number of hydrogen-bond acceptors (Lipinski definition) is 3. The quantitative estimate of drug-likeness (QED) is 0.794. The molecule has 3 heteroatoms. The highest BCUT2D eigenvalue weighted by Gasteiger charge is 2.24. The van der Waals surface area contributed by atoms with Gasteiger partial charge < -0.3 is 10.2 Å². The Morgan fingerprint density at radius 2 is 1.81 bits per heavy atom. The van der Waals surface area contributed by atoms with E-state index in [2.05, 4.69) is 60.2 Å². The first-order valence-electron chi connectivity index (χ1n) is 8.55. The number of fused-ring (bicyclic) bond motifs is 1. The van der Waals surface area contributed by atoms with Crippen LogP contribution in [0.1, 0.15) is 44.4 Å². The molecule has 0 bridgehead atoms. The third kappa shape index (κ3) is 4.29. The summed E-state index contributed by atoms with van der Waals surface area (Å²) in [7, 11) is 0. The van der Waals surface area contributed by atoms with E-state index in [-0.39, 0.29) is 0 Å². The van der Waals surface area contributed by atoms with E-state index in [4.69, 9.17) is 0 Å². The van der Waals surface area contributed by atoms with Gasteiger partial charge in [-0.2, -0.15) is 0 Å². The second kappa shape index (κ2) is 8.52. The minimum absolute atomic E-state index is 0.539. The molecule has 1 aliphatic rings. The SMILES string of the molecule is CCN(CC)CCCN(CC)C1CNCc2ccccc21. The van der Waals surface area contributed by atoms with Gasteiger partial charge in [0.1, 0.15) is 0 Å². The summed E-state index contributed by atoms with van der Waals surface area (Å²) >= 11 is 0. The maximum Gasteiger partial charge on any atom is 0.0475 e. The van der Waals surface area contributed by atoms with Crippen molar-refractivity contribution in [2.24, 2.45) is 0 Å². The van der Waals surface area contributed by atoms with E-state index in [0.29, 0.717) is 6.04 Å². The molecule has 3 nitrogen and oxygen atoms in total. The van der Waals surface area contributed by atoms with Crippen LogP contribution in [0.5, 0.6) is 0 Å². The standard InChI is InChI=1S/C18H31N3/c1-4-20(5-2)12-9-13-21(6-3)18-15-19-14-16-10-7-8-11-17(16)18/h7-8,10-11,18-19H,4-6,9,12-15H2,1-3H3. The fourth-order valence-electron chi connectivity index (χ4n) is 3.37. The molecule has 21 heavy (non-hydrogen) atoms. The van der Waals surface area contributed by atoms with Gasteiger partial charge in [0.15, 0.2) is 0 Å². The van der Waals surface area contributed by atoms with E-state index in [9.17, 15) is 0 Å². The van der Waals surface area contributed by atoms with Crippen molar-refractivity contribution >= 4 is 0 Å². The van der Waals surface area contributed by atoms with Crippen molar-refractivity contribution in [1.82, 2.24) is 15.1 Å². The predicted molar refractivity (Wildman–Crippen MR) is 90.5 cm³/mol. The molecule has 1 unspecified atom stereocenters. The van der Waals surface area contributed by atoms with Gasteiger partial charge >= 0.3 is 0 Å². The molecule has 0 aromatic heterocycles. The summed E-state index contributed by atoms with van der Waals surface area (Å²) in [6.07, 6.45) is 1.26. The summed E-state index contributed by atoms with van der Waals surface area (Å²) in [4.78, 5) is 5.15. The summed E-state index contributed by atoms with van der Waals surface area (Å²) in [5, 5.41) is 3.58. The van der Waals surface area contributed by atoms with Crippen LogP contribution in [0.3, 0.4) is 0 Å². The molecule has 1 aliphatic heterocycles. The second-order valence-corrected chi connectivity index (χ2v) is 5.85. The molecule has 1 aromatic carbocycles. The number of nitrogens with zero attached hydrogens (tertiary/aromatic N) is 2. The molecule has 0 saturated heterocycles. The van der Waals surface area contributed by atoms with Crippen LogP contribution in [0.2, 0.25) is 0 Å². The van der Waals surface area contributed by atoms with Crippen molar-refractivity contribution in [3.05, 3.63) is 35.4 Å². The number of rotatable bonds is 8. The Morgan fingerprint density at radius 3 is 2.52 bits per heavy atom. The van der Waals surface area contributed by atoms with Gasteiger partial charge in [0.05, 0.1) is 0 Å². The molecule has 0 radical (unpaired) electrons. The summed E-state index contributed by atoms with van der Waals surface area (Å²) in [6, 6.07) is 9.45. The predicted octanol–water partition coefficient (Wildman–Crippen LogP) is 2.88. The Hall–Kier alpha value is -0.900. The monoisotopic (exact) mass is 289 g/mol. The van der Waals surface area contributed by atoms with Gasteiger partial charge in [0, 0.05) is 25.7 Å². The molecule has 118 valence electrons. The molecule has 0 saturated carbocycles. The largest absolute Gasteiger partial charge is 0.311 e. The molecular formula is C18H31N3. The zero-order valence-electron chi connectivity index (χ0n) is 13.9. The van der Waals surface area contributed by atoms with Gasteiger partial charge in [-0.05, 0) is 43.7 Å². The molecule has 1 atom stereocenters. The van der Waals surface area contributed by atoms with Gasteiger partial charge in [0.25, 0.3) is 0 Å². The average molecular weight is 289 g/mol. The fraction of sp³-hybridized carbons (Fsp3) is 0.667. The summed E-state index contributed by atoms with van der Waals surface area (Å²) in [5.74, 6) is 0. The third-order valence-corrected chi connectivity index (χ3v) is 4.73. The van der Waals surface area contributed by atoms with Crippen LogP contribution in [-0.4, -0.2) is 49.1 Å². The number of nitrogens with one attached hydrogen (secondary N) is 1. The molecule has 1 aromatic rings. The van der Waals surface area contributed by atoms with Crippen LogP contribution in [0.4, 0.5) is 0 Å². The molecular weight excluding hydrogens is 258 g/mol. The molecule has 0 spiro atoms. The first-order valence-corrected chi connectivity index (χ1v) is 8.55. The lowest BCUT2D eigenvalue weighted by Gasteiger charge is -2.36. The summed E-state index contributed by atoms with van der Waals surface area (Å²) in [5.41, 5.74) is 3.00. The third-order valence-electron chi connectivity index (χ3n) is 4.73. The second-order valence-electron chi connectivity index (χ2n) is 5.85. The molecule has 1 heterocycles. The first-order chi connectivity index (χ1) is 10.3. The van der Waals surface area contributed by atoms with Crippen molar-refractivity contribution in [1.29, 1.82) is 0 Å². The van der Waals surface area contributed by atoms with Gasteiger partial charge in [0.2, 0.25) is 0 Å². The molecule has 0 fully saturated rings. The normalized spacial score (nSPS) is 18.2. The first kappa shape index (κ1) is 16.5. The lowest BCUT2D eigenvalue weighted by atomic mass is 9.95. The Kier molecular flexibility index (Phi) is 6.68. The van der Waals surface area contributed by atoms with E-state index in [0.717, 1.165) is 32.7 Å². The minimum Gasteiger partial charge on any atom is -0.311 e. The van der Waals surface area contributed by atoms with Crippen molar-refractivity contribution in [2.75, 3.05) is 39.3 Å². The van der Waals surface area contributed by atoms with Crippen molar-refractivity contribution in [2.45, 2.75) is 39.8 Å². The van der Waals surface area contributed by atoms with Crippen LogP contribution in [0, 0.1) is 0 Å². The lowest BCUT2D eigenvalue weighted by molar-refractivity contribution is 0.179. The van der Waals surface area contributed by atoms with E-state index in [1.54, 1.807) is 0 Å². The van der Waals surface area contributed by atoms with Crippen molar-refractivity contribution < 1.29 is 0 Å². The highest BCUT2D eigenvalue weighted by molar-refractivity contribution is 5.32. The highest BCUT2D eigenvalue weighted by atomic mass is 15.2. The van der Waals surface area contributed by atoms with Crippen LogP contribution in [-0.2, 0) is 6.54 Å².